The van der Waals surface area contributed by atoms with Crippen molar-refractivity contribution in [3.63, 3.8) is 0 Å². The van der Waals surface area contributed by atoms with E-state index in [0.717, 1.165) is 0 Å². The van der Waals surface area contributed by atoms with Crippen LogP contribution in [0.15, 0.2) is 0 Å². The molecule has 3 nitrogen and oxygen atoms in total. The van der Waals surface area contributed by atoms with Gasteiger partial charge in [-0.2, -0.15) is 0 Å². The minimum atomic E-state index is -3.23. The minimum Gasteiger partial charge on any atom is -0.309 e. The molecule has 0 fully saturated rings. The molecule has 74 valence electrons. The molecule has 12 heavy (non-hydrogen) atoms. The molecule has 2 atom stereocenters. The van der Waals surface area contributed by atoms with Gasteiger partial charge in [-0.1, -0.05) is 6.92 Å². The largest absolute Gasteiger partial charge is 0.332 e. The van der Waals surface area contributed by atoms with Crippen LogP contribution >= 0.6 is 19.2 Å². The maximum Gasteiger partial charge on any atom is 0.332 e. The first-order valence-electron chi connectivity index (χ1n) is 3.70. The summed E-state index contributed by atoms with van der Waals surface area (Å²) in [6.07, 6.45) is -1.57. The summed E-state index contributed by atoms with van der Waals surface area (Å²) >= 11 is 5.14. The minimum absolute atomic E-state index is 0.151. The highest BCUT2D eigenvalue weighted by molar-refractivity contribution is 7.53. The molecule has 6 heteroatoms. The van der Waals surface area contributed by atoms with Crippen LogP contribution in [0.2, 0.25) is 0 Å². The molecule has 2 unspecified atom stereocenters. The molecule has 0 aliphatic rings. The van der Waals surface area contributed by atoms with Crippen molar-refractivity contribution in [2.24, 2.45) is 0 Å². The Morgan fingerprint density at radius 2 is 2.17 bits per heavy atom. The van der Waals surface area contributed by atoms with Crippen molar-refractivity contribution in [1.29, 1.82) is 0 Å². The number of rotatable bonds is 6. The Labute approximate surface area is 76.7 Å². The fraction of sp³-hybridized carbons (Fsp3) is 1.00. The highest BCUT2D eigenvalue weighted by Gasteiger charge is 2.25. The Hall–Kier alpha value is 0.370. The average Bonchev–Trinajstić information content (AvgIpc) is 2.05. The molecule has 0 aliphatic carbocycles. The third-order valence-electron chi connectivity index (χ3n) is 1.11. The maximum absolute atomic E-state index is 12.5. The van der Waals surface area contributed by atoms with Crippen LogP contribution in [0.4, 0.5) is 4.39 Å². The lowest BCUT2D eigenvalue weighted by Gasteiger charge is -2.17. The van der Waals surface area contributed by atoms with Crippen LogP contribution < -0.4 is 0 Å². The van der Waals surface area contributed by atoms with Gasteiger partial charge in [0.1, 0.15) is 0 Å². The maximum atomic E-state index is 12.5. The molecule has 0 saturated carbocycles. The van der Waals surface area contributed by atoms with E-state index in [0.29, 0.717) is 0 Å². The Bertz CT molecular complexity index is 167. The molecule has 0 bridgehead atoms. The van der Waals surface area contributed by atoms with Gasteiger partial charge in [-0.15, -0.1) is 11.6 Å². The van der Waals surface area contributed by atoms with Crippen LogP contribution in [0, 0.1) is 0 Å². The molecule has 0 radical (unpaired) electrons. The molecule has 0 aromatic carbocycles. The van der Waals surface area contributed by atoms with Gasteiger partial charge in [-0.3, -0.25) is 9.09 Å². The second kappa shape index (κ2) is 5.92. The van der Waals surface area contributed by atoms with E-state index in [1.165, 1.54) is 0 Å². The third-order valence-corrected chi connectivity index (χ3v) is 3.33. The van der Waals surface area contributed by atoms with Crippen molar-refractivity contribution in [2.75, 3.05) is 18.6 Å². The fourth-order valence-electron chi connectivity index (χ4n) is 0.595. The zero-order chi connectivity index (χ0) is 9.61. The van der Waals surface area contributed by atoms with Crippen LogP contribution in [0.3, 0.4) is 0 Å². The Kier molecular flexibility index (Phi) is 6.10. The van der Waals surface area contributed by atoms with Crippen molar-refractivity contribution >= 4 is 19.2 Å². The summed E-state index contributed by atoms with van der Waals surface area (Å²) in [6, 6.07) is 0. The first kappa shape index (κ1) is 12.4. The Morgan fingerprint density at radius 3 is 2.50 bits per heavy atom. The van der Waals surface area contributed by atoms with Crippen molar-refractivity contribution in [2.45, 2.75) is 20.2 Å². The van der Waals surface area contributed by atoms with Gasteiger partial charge in [0.15, 0.2) is 0 Å². The van der Waals surface area contributed by atoms with E-state index in [2.05, 4.69) is 4.52 Å². The van der Waals surface area contributed by atoms with Crippen LogP contribution in [0.25, 0.3) is 0 Å². The highest BCUT2D eigenvalue weighted by atomic mass is 35.5. The molecule has 0 spiro atoms. The quantitative estimate of drug-likeness (QED) is 0.508. The SMILES string of the molecule is CCOP(=O)(CC)OC(F)CCl. The van der Waals surface area contributed by atoms with Crippen molar-refractivity contribution in [3.8, 4) is 0 Å². The smallest absolute Gasteiger partial charge is 0.309 e. The van der Waals surface area contributed by atoms with Gasteiger partial charge in [-0.05, 0) is 6.92 Å². The monoisotopic (exact) mass is 218 g/mol. The molecular formula is C6H13ClFO3P. The topological polar surface area (TPSA) is 35.5 Å². The normalized spacial score (nSPS) is 18.7. The van der Waals surface area contributed by atoms with E-state index in [-0.39, 0.29) is 18.6 Å². The van der Waals surface area contributed by atoms with Crippen LogP contribution in [0.5, 0.6) is 0 Å². The van der Waals surface area contributed by atoms with Crippen LogP contribution in [-0.4, -0.2) is 25.0 Å². The van der Waals surface area contributed by atoms with Gasteiger partial charge in [0.2, 0.25) is 6.36 Å². The second-order valence-electron chi connectivity index (χ2n) is 2.01. The second-order valence-corrected chi connectivity index (χ2v) is 4.65. The first-order chi connectivity index (χ1) is 5.58. The zero-order valence-electron chi connectivity index (χ0n) is 7.13. The molecule has 0 amide bonds. The summed E-state index contributed by atoms with van der Waals surface area (Å²) in [4.78, 5) is 0. The molecule has 0 aromatic heterocycles. The standard InChI is InChI=1S/C6H13ClFO3P/c1-3-10-12(9,4-2)11-6(8)5-7/h6H,3-5H2,1-2H3. The molecule has 0 aromatic rings. The molecule has 0 aliphatic heterocycles. The molecule has 0 rings (SSSR count). The first-order valence-corrected chi connectivity index (χ1v) is 5.96. The zero-order valence-corrected chi connectivity index (χ0v) is 8.78. The van der Waals surface area contributed by atoms with E-state index >= 15 is 0 Å². The van der Waals surface area contributed by atoms with E-state index in [1.54, 1.807) is 13.8 Å². The van der Waals surface area contributed by atoms with Gasteiger partial charge in [0.05, 0.1) is 12.5 Å². The fourth-order valence-corrected chi connectivity index (χ4v) is 1.96. The molecule has 0 heterocycles. The van der Waals surface area contributed by atoms with Gasteiger partial charge in [-0.25, -0.2) is 4.39 Å². The summed E-state index contributed by atoms with van der Waals surface area (Å²) in [5.41, 5.74) is 0. The van der Waals surface area contributed by atoms with E-state index < -0.39 is 14.0 Å². The number of hydrogen-bond donors (Lipinski definition) is 0. The molecule has 0 N–H and O–H groups in total. The Morgan fingerprint density at radius 1 is 1.58 bits per heavy atom. The van der Waals surface area contributed by atoms with Gasteiger partial charge < -0.3 is 4.52 Å². The summed E-state index contributed by atoms with van der Waals surface area (Å²) in [5.74, 6) is -0.336. The van der Waals surface area contributed by atoms with E-state index in [1.807, 2.05) is 0 Å². The summed E-state index contributed by atoms with van der Waals surface area (Å²) in [7, 11) is -3.23. The Balaban J connectivity index is 4.04. The lowest BCUT2D eigenvalue weighted by atomic mass is 10.8. The number of halogens is 2. The molecule has 0 saturated heterocycles. The highest BCUT2D eigenvalue weighted by Crippen LogP contribution is 2.48. The third kappa shape index (κ3) is 4.41. The van der Waals surface area contributed by atoms with Crippen molar-refractivity contribution < 1.29 is 18.0 Å². The lowest BCUT2D eigenvalue weighted by molar-refractivity contribution is 0.0664. The summed E-state index contributed by atoms with van der Waals surface area (Å²) < 4.78 is 33.2. The van der Waals surface area contributed by atoms with E-state index in [9.17, 15) is 8.96 Å². The van der Waals surface area contributed by atoms with Gasteiger partial charge in [0.25, 0.3) is 0 Å². The summed E-state index contributed by atoms with van der Waals surface area (Å²) in [6.45, 7) is 3.51. The van der Waals surface area contributed by atoms with Crippen molar-refractivity contribution in [3.05, 3.63) is 0 Å². The van der Waals surface area contributed by atoms with Gasteiger partial charge in [0, 0.05) is 6.16 Å². The van der Waals surface area contributed by atoms with Crippen LogP contribution in [0.1, 0.15) is 13.8 Å². The van der Waals surface area contributed by atoms with Gasteiger partial charge >= 0.3 is 7.60 Å². The summed E-state index contributed by atoms with van der Waals surface area (Å²) in [5, 5.41) is 0. The molecular weight excluding hydrogens is 205 g/mol. The predicted octanol–water partition coefficient (Wildman–Crippen LogP) is 2.79. The van der Waals surface area contributed by atoms with Crippen LogP contribution in [-0.2, 0) is 13.6 Å². The van der Waals surface area contributed by atoms with Crippen molar-refractivity contribution in [1.82, 2.24) is 0 Å². The number of hydrogen-bond acceptors (Lipinski definition) is 3. The average molecular weight is 219 g/mol. The predicted molar refractivity (Wildman–Crippen MR) is 46.5 cm³/mol. The lowest BCUT2D eigenvalue weighted by Crippen LogP contribution is -2.09. The number of alkyl halides is 2. The van der Waals surface area contributed by atoms with E-state index in [4.69, 9.17) is 16.1 Å².